The van der Waals surface area contributed by atoms with E-state index < -0.39 is 18.0 Å². The second kappa shape index (κ2) is 8.19. The van der Waals surface area contributed by atoms with Crippen molar-refractivity contribution in [1.29, 1.82) is 0 Å². The van der Waals surface area contributed by atoms with Crippen molar-refractivity contribution >= 4 is 11.9 Å². The molecule has 0 aliphatic rings. The van der Waals surface area contributed by atoms with Crippen LogP contribution in [0.4, 0.5) is 0 Å². The molecule has 0 fully saturated rings. The van der Waals surface area contributed by atoms with Gasteiger partial charge in [0.1, 0.15) is 6.04 Å². The number of carbonyl (C=O) groups is 2. The fourth-order valence-electron chi connectivity index (χ4n) is 0.927. The fraction of sp³-hybridized carbons (Fsp3) is 0.778. The van der Waals surface area contributed by atoms with Crippen molar-refractivity contribution in [2.45, 2.75) is 25.8 Å². The number of carbonyl (C=O) groups excluding carboxylic acids is 1. The first kappa shape index (κ1) is 13.9. The average molecular weight is 219 g/mol. The number of ether oxygens (including phenoxy) is 1. The van der Waals surface area contributed by atoms with Crippen molar-refractivity contribution < 1.29 is 24.5 Å². The van der Waals surface area contributed by atoms with Crippen LogP contribution in [0, 0.1) is 0 Å². The third-order valence-electron chi connectivity index (χ3n) is 1.64. The molecule has 0 saturated heterocycles. The number of carboxylic acids is 1. The topological polar surface area (TPSA) is 95.9 Å². The normalized spacial score (nSPS) is 12.1. The van der Waals surface area contributed by atoms with Crippen LogP contribution in [0.5, 0.6) is 0 Å². The summed E-state index contributed by atoms with van der Waals surface area (Å²) < 4.78 is 4.75. The highest BCUT2D eigenvalue weighted by molar-refractivity contribution is 5.81. The van der Waals surface area contributed by atoms with Crippen LogP contribution in [0.15, 0.2) is 0 Å². The third kappa shape index (κ3) is 6.87. The summed E-state index contributed by atoms with van der Waals surface area (Å²) in [6.07, 6.45) is 0.475. The van der Waals surface area contributed by atoms with Crippen molar-refractivity contribution in [2.75, 3.05) is 19.8 Å². The first-order chi connectivity index (χ1) is 7.11. The van der Waals surface area contributed by atoms with Crippen molar-refractivity contribution in [3.63, 3.8) is 0 Å². The summed E-state index contributed by atoms with van der Waals surface area (Å²) in [7, 11) is 0. The summed E-state index contributed by atoms with van der Waals surface area (Å²) in [5.41, 5.74) is 0. The van der Waals surface area contributed by atoms with Gasteiger partial charge in [-0.3, -0.25) is 9.59 Å². The van der Waals surface area contributed by atoms with Crippen molar-refractivity contribution in [3.8, 4) is 0 Å². The van der Waals surface area contributed by atoms with Crippen molar-refractivity contribution in [3.05, 3.63) is 0 Å². The molecule has 0 amide bonds. The standard InChI is InChI=1S/C9H17NO5/c1-2-5-15-8(12)6-7(9(13)14)10-3-4-11/h7,10-11H,2-6H2,1H3,(H,13,14)/t7-/m0/s1. The molecule has 0 aromatic rings. The molecule has 0 aliphatic heterocycles. The van der Waals surface area contributed by atoms with Gasteiger partial charge in [0, 0.05) is 6.54 Å². The first-order valence-electron chi connectivity index (χ1n) is 4.84. The molecule has 0 saturated carbocycles. The number of hydrogen-bond donors (Lipinski definition) is 3. The van der Waals surface area contributed by atoms with E-state index in [-0.39, 0.29) is 19.6 Å². The van der Waals surface area contributed by atoms with Crippen molar-refractivity contribution in [1.82, 2.24) is 5.32 Å². The number of esters is 1. The maximum absolute atomic E-state index is 11.1. The van der Waals surface area contributed by atoms with E-state index in [0.29, 0.717) is 13.0 Å². The molecule has 6 nitrogen and oxygen atoms in total. The van der Waals surface area contributed by atoms with Gasteiger partial charge in [-0.15, -0.1) is 0 Å². The highest BCUT2D eigenvalue weighted by Gasteiger charge is 2.20. The molecule has 0 aliphatic carbocycles. The van der Waals surface area contributed by atoms with E-state index >= 15 is 0 Å². The van der Waals surface area contributed by atoms with E-state index in [1.807, 2.05) is 6.92 Å². The lowest BCUT2D eigenvalue weighted by Crippen LogP contribution is -2.40. The van der Waals surface area contributed by atoms with Gasteiger partial charge in [0.2, 0.25) is 0 Å². The lowest BCUT2D eigenvalue weighted by atomic mass is 10.2. The van der Waals surface area contributed by atoms with E-state index in [0.717, 1.165) is 0 Å². The molecule has 0 spiro atoms. The van der Waals surface area contributed by atoms with Gasteiger partial charge in [-0.1, -0.05) is 6.92 Å². The van der Waals surface area contributed by atoms with Gasteiger partial charge in [0.25, 0.3) is 0 Å². The van der Waals surface area contributed by atoms with Crippen LogP contribution >= 0.6 is 0 Å². The second-order valence-corrected chi connectivity index (χ2v) is 2.99. The molecule has 15 heavy (non-hydrogen) atoms. The zero-order valence-corrected chi connectivity index (χ0v) is 8.73. The highest BCUT2D eigenvalue weighted by atomic mass is 16.5. The Bertz CT molecular complexity index is 207. The van der Waals surface area contributed by atoms with E-state index in [1.165, 1.54) is 0 Å². The highest BCUT2D eigenvalue weighted by Crippen LogP contribution is 1.96. The SMILES string of the molecule is CCCOC(=O)C[C@H](NCCO)C(=O)O. The Hall–Kier alpha value is -1.14. The second-order valence-electron chi connectivity index (χ2n) is 2.99. The van der Waals surface area contributed by atoms with Crippen LogP contribution in [0.25, 0.3) is 0 Å². The Kier molecular flexibility index (Phi) is 7.57. The molecule has 0 heterocycles. The third-order valence-corrected chi connectivity index (χ3v) is 1.64. The fourth-order valence-corrected chi connectivity index (χ4v) is 0.927. The largest absolute Gasteiger partial charge is 0.480 e. The van der Waals surface area contributed by atoms with Gasteiger partial charge in [-0.05, 0) is 6.42 Å². The maximum Gasteiger partial charge on any atom is 0.321 e. The van der Waals surface area contributed by atoms with Gasteiger partial charge in [0.05, 0.1) is 19.6 Å². The summed E-state index contributed by atoms with van der Waals surface area (Å²) >= 11 is 0. The number of aliphatic carboxylic acids is 1. The van der Waals surface area contributed by atoms with Gasteiger partial charge < -0.3 is 20.3 Å². The van der Waals surface area contributed by atoms with Crippen LogP contribution in [0.2, 0.25) is 0 Å². The van der Waals surface area contributed by atoms with Crippen LogP contribution in [0.1, 0.15) is 19.8 Å². The maximum atomic E-state index is 11.1. The molecule has 6 heteroatoms. The predicted octanol–water partition coefficient (Wildman–Crippen LogP) is -0.635. The summed E-state index contributed by atoms with van der Waals surface area (Å²) in [6, 6.07) is -0.999. The van der Waals surface area contributed by atoms with Gasteiger partial charge >= 0.3 is 11.9 Å². The predicted molar refractivity (Wildman–Crippen MR) is 52.4 cm³/mol. The number of aliphatic hydroxyl groups excluding tert-OH is 1. The lowest BCUT2D eigenvalue weighted by molar-refractivity contribution is -0.149. The van der Waals surface area contributed by atoms with E-state index in [1.54, 1.807) is 0 Å². The first-order valence-corrected chi connectivity index (χ1v) is 4.84. The molecule has 0 unspecified atom stereocenters. The minimum Gasteiger partial charge on any atom is -0.480 e. The number of rotatable bonds is 8. The molecule has 0 radical (unpaired) electrons. The Balaban J connectivity index is 3.93. The minimum atomic E-state index is -1.13. The summed E-state index contributed by atoms with van der Waals surface area (Å²) in [4.78, 5) is 21.8. The molecule has 0 bridgehead atoms. The molecule has 88 valence electrons. The van der Waals surface area contributed by atoms with E-state index in [2.05, 4.69) is 5.32 Å². The quantitative estimate of drug-likeness (QED) is 0.470. The Morgan fingerprint density at radius 2 is 2.13 bits per heavy atom. The summed E-state index contributed by atoms with van der Waals surface area (Å²) in [5.74, 6) is -1.67. The Morgan fingerprint density at radius 3 is 2.60 bits per heavy atom. The smallest absolute Gasteiger partial charge is 0.321 e. The molecule has 0 aromatic carbocycles. The molecular weight excluding hydrogens is 202 g/mol. The Morgan fingerprint density at radius 1 is 1.47 bits per heavy atom. The van der Waals surface area contributed by atoms with Gasteiger partial charge in [-0.2, -0.15) is 0 Å². The molecule has 0 rings (SSSR count). The van der Waals surface area contributed by atoms with E-state index in [4.69, 9.17) is 14.9 Å². The molecular formula is C9H17NO5. The van der Waals surface area contributed by atoms with Crippen LogP contribution in [-0.4, -0.2) is 48.0 Å². The minimum absolute atomic E-state index is 0.137. The lowest BCUT2D eigenvalue weighted by Gasteiger charge is -2.12. The molecule has 1 atom stereocenters. The zero-order valence-electron chi connectivity index (χ0n) is 8.73. The summed E-state index contributed by atoms with van der Waals surface area (Å²) in [6.45, 7) is 2.11. The Labute approximate surface area is 88.2 Å². The summed E-state index contributed by atoms with van der Waals surface area (Å²) in [5, 5.41) is 19.7. The monoisotopic (exact) mass is 219 g/mol. The number of hydrogen-bond acceptors (Lipinski definition) is 5. The van der Waals surface area contributed by atoms with Gasteiger partial charge in [0.15, 0.2) is 0 Å². The van der Waals surface area contributed by atoms with Crippen LogP contribution in [0.3, 0.4) is 0 Å². The van der Waals surface area contributed by atoms with Crippen LogP contribution < -0.4 is 5.32 Å². The number of aliphatic hydroxyl groups is 1. The van der Waals surface area contributed by atoms with E-state index in [9.17, 15) is 9.59 Å². The molecule has 3 N–H and O–H groups in total. The van der Waals surface area contributed by atoms with Crippen molar-refractivity contribution in [2.24, 2.45) is 0 Å². The number of nitrogens with one attached hydrogen (secondary N) is 1. The zero-order chi connectivity index (χ0) is 11.7. The number of carboxylic acid groups (broad SMARTS) is 1. The molecule has 0 aromatic heterocycles. The van der Waals surface area contributed by atoms with Gasteiger partial charge in [-0.25, -0.2) is 0 Å². The van der Waals surface area contributed by atoms with Crippen LogP contribution in [-0.2, 0) is 14.3 Å². The average Bonchev–Trinajstić information content (AvgIpc) is 2.20.